The first-order valence-electron chi connectivity index (χ1n) is 11.5. The molecule has 0 heterocycles. The van der Waals surface area contributed by atoms with E-state index in [4.69, 9.17) is 5.11 Å². The number of unbranched alkanes of at least 4 members (excludes halogenated alkanes) is 14. The summed E-state index contributed by atoms with van der Waals surface area (Å²) in [5.41, 5.74) is 0. The van der Waals surface area contributed by atoms with Crippen molar-refractivity contribution in [1.82, 2.24) is 5.32 Å². The van der Waals surface area contributed by atoms with E-state index in [0.717, 1.165) is 12.8 Å². The Balaban J connectivity index is 0. The third-order valence-electron chi connectivity index (χ3n) is 5.26. The van der Waals surface area contributed by atoms with Crippen molar-refractivity contribution in [3.8, 4) is 0 Å². The Kier molecular flexibility index (Phi) is 22.8. The second kappa shape index (κ2) is 21.4. The smallest absolute Gasteiger partial charge is 0.326 e. The summed E-state index contributed by atoms with van der Waals surface area (Å²) in [6, 6.07) is -0.770. The molecule has 0 rings (SSSR count). The summed E-state index contributed by atoms with van der Waals surface area (Å²) in [5.74, 6) is -1.17. The molecule has 0 fully saturated rings. The first kappa shape index (κ1) is 29.9. The largest absolute Gasteiger partial charge is 0.480 e. The molecule has 2 N–H and O–H groups in total. The van der Waals surface area contributed by atoms with Crippen LogP contribution < -0.4 is 5.32 Å². The number of aliphatic carboxylic acids is 1. The maximum Gasteiger partial charge on any atom is 0.326 e. The first-order valence-corrected chi connectivity index (χ1v) is 11.5. The maximum atomic E-state index is 11.8. The molecule has 28 heavy (non-hydrogen) atoms. The van der Waals surface area contributed by atoms with Gasteiger partial charge in [0.15, 0.2) is 0 Å². The molecule has 0 aliphatic heterocycles. The van der Waals surface area contributed by atoms with Crippen LogP contribution in [0.25, 0.3) is 0 Å². The fraction of sp³-hybridized carbons (Fsp3) is 0.913. The van der Waals surface area contributed by atoms with Crippen LogP contribution in [0.3, 0.4) is 0 Å². The summed E-state index contributed by atoms with van der Waals surface area (Å²) in [4.78, 5) is 22.9. The summed E-state index contributed by atoms with van der Waals surface area (Å²) in [6.45, 7) is 5.89. The Morgan fingerprint density at radius 2 is 1.07 bits per heavy atom. The molecular formula is C23H45AgNO3. The average Bonchev–Trinajstić information content (AvgIpc) is 2.62. The number of amides is 1. The van der Waals surface area contributed by atoms with Crippen LogP contribution >= 0.6 is 0 Å². The normalized spacial score (nSPS) is 11.9. The molecule has 0 aliphatic rings. The zero-order valence-electron chi connectivity index (χ0n) is 18.5. The molecule has 0 spiro atoms. The van der Waals surface area contributed by atoms with Gasteiger partial charge in [0, 0.05) is 28.8 Å². The second-order valence-electron chi connectivity index (χ2n) is 8.33. The van der Waals surface area contributed by atoms with Crippen LogP contribution in [0.4, 0.5) is 0 Å². The molecule has 1 atom stereocenters. The molecule has 171 valence electrons. The quantitative estimate of drug-likeness (QED) is 0.161. The number of hydrogen-bond donors (Lipinski definition) is 2. The Labute approximate surface area is 189 Å². The summed E-state index contributed by atoms with van der Waals surface area (Å²) in [7, 11) is 0. The molecule has 0 bridgehead atoms. The van der Waals surface area contributed by atoms with E-state index in [1.165, 1.54) is 83.5 Å². The van der Waals surface area contributed by atoms with E-state index in [-0.39, 0.29) is 34.2 Å². The van der Waals surface area contributed by atoms with Gasteiger partial charge in [0.1, 0.15) is 6.04 Å². The number of carbonyl (C=O) groups excluding carboxylic acids is 1. The van der Waals surface area contributed by atoms with Crippen molar-refractivity contribution in [2.24, 2.45) is 5.92 Å². The van der Waals surface area contributed by atoms with E-state index < -0.39 is 12.0 Å². The molecule has 5 heteroatoms. The third kappa shape index (κ3) is 19.0. The number of carboxylic acid groups (broad SMARTS) is 1. The predicted octanol–water partition coefficient (Wildman–Crippen LogP) is 6.47. The molecule has 1 amide bonds. The number of carboxylic acids is 1. The van der Waals surface area contributed by atoms with Crippen molar-refractivity contribution < 1.29 is 37.1 Å². The summed E-state index contributed by atoms with van der Waals surface area (Å²) >= 11 is 0. The zero-order valence-corrected chi connectivity index (χ0v) is 20.0. The molecule has 4 nitrogen and oxygen atoms in total. The molecule has 0 saturated heterocycles. The van der Waals surface area contributed by atoms with Gasteiger partial charge in [0.2, 0.25) is 5.91 Å². The Morgan fingerprint density at radius 1 is 0.714 bits per heavy atom. The Morgan fingerprint density at radius 3 is 1.39 bits per heavy atom. The molecule has 1 radical (unpaired) electrons. The van der Waals surface area contributed by atoms with E-state index in [1.807, 2.05) is 13.8 Å². The fourth-order valence-corrected chi connectivity index (χ4v) is 3.42. The van der Waals surface area contributed by atoms with E-state index in [9.17, 15) is 9.59 Å². The van der Waals surface area contributed by atoms with Crippen molar-refractivity contribution in [3.05, 3.63) is 0 Å². The SMILES string of the molecule is CCCCCCCCCCCCCCCCCC(=O)N[C@H](C(=O)O)C(C)C.[Ag]. The third-order valence-corrected chi connectivity index (χ3v) is 5.26. The summed E-state index contributed by atoms with van der Waals surface area (Å²) < 4.78 is 0. The number of rotatable bonds is 19. The molecule has 0 unspecified atom stereocenters. The molecule has 0 aromatic rings. The minimum atomic E-state index is -0.949. The zero-order chi connectivity index (χ0) is 20.3. The van der Waals surface area contributed by atoms with Crippen LogP contribution in [-0.4, -0.2) is 23.0 Å². The van der Waals surface area contributed by atoms with Gasteiger partial charge in [-0.25, -0.2) is 4.79 Å². The average molecular weight is 491 g/mol. The maximum absolute atomic E-state index is 11.8. The van der Waals surface area contributed by atoms with Gasteiger partial charge in [-0.15, -0.1) is 0 Å². The van der Waals surface area contributed by atoms with E-state index in [2.05, 4.69) is 12.2 Å². The van der Waals surface area contributed by atoms with Gasteiger partial charge >= 0.3 is 5.97 Å². The van der Waals surface area contributed by atoms with Crippen molar-refractivity contribution in [2.45, 2.75) is 130 Å². The predicted molar refractivity (Wildman–Crippen MR) is 114 cm³/mol. The second-order valence-corrected chi connectivity index (χ2v) is 8.33. The van der Waals surface area contributed by atoms with Crippen molar-refractivity contribution in [3.63, 3.8) is 0 Å². The van der Waals surface area contributed by atoms with Gasteiger partial charge < -0.3 is 10.4 Å². The van der Waals surface area contributed by atoms with Crippen molar-refractivity contribution in [2.75, 3.05) is 0 Å². The Bertz CT molecular complexity index is 375. The van der Waals surface area contributed by atoms with Gasteiger partial charge in [-0.3, -0.25) is 4.79 Å². The minimum Gasteiger partial charge on any atom is -0.480 e. The number of nitrogens with one attached hydrogen (secondary N) is 1. The Hall–Kier alpha value is -0.320. The molecule has 0 aromatic heterocycles. The van der Waals surface area contributed by atoms with E-state index in [1.54, 1.807) is 0 Å². The summed E-state index contributed by atoms with van der Waals surface area (Å²) in [5, 5.41) is 11.7. The van der Waals surface area contributed by atoms with E-state index >= 15 is 0 Å². The van der Waals surface area contributed by atoms with Crippen LogP contribution in [0.2, 0.25) is 0 Å². The number of hydrogen-bond acceptors (Lipinski definition) is 2. The standard InChI is InChI=1S/C23H45NO3.Ag/c1-4-5-6-7-8-9-10-11-12-13-14-15-16-17-18-19-21(25)24-22(20(2)3)23(26)27;/h20,22H,4-19H2,1-3H3,(H,24,25)(H,26,27);/t22-;/m0./s1. The molecular weight excluding hydrogens is 446 g/mol. The van der Waals surface area contributed by atoms with Gasteiger partial charge in [-0.2, -0.15) is 0 Å². The summed E-state index contributed by atoms with van der Waals surface area (Å²) in [6.07, 6.45) is 19.9. The molecule has 0 aromatic carbocycles. The van der Waals surface area contributed by atoms with Gasteiger partial charge in [0.05, 0.1) is 0 Å². The van der Waals surface area contributed by atoms with E-state index in [0.29, 0.717) is 6.42 Å². The fourth-order valence-electron chi connectivity index (χ4n) is 3.42. The molecule has 0 saturated carbocycles. The molecule has 0 aliphatic carbocycles. The van der Waals surface area contributed by atoms with Gasteiger partial charge in [-0.1, -0.05) is 111 Å². The topological polar surface area (TPSA) is 66.4 Å². The van der Waals surface area contributed by atoms with Crippen LogP contribution in [0, 0.1) is 5.92 Å². The monoisotopic (exact) mass is 490 g/mol. The van der Waals surface area contributed by atoms with Crippen molar-refractivity contribution >= 4 is 11.9 Å². The van der Waals surface area contributed by atoms with Gasteiger partial charge in [0.25, 0.3) is 0 Å². The van der Waals surface area contributed by atoms with Crippen LogP contribution in [-0.2, 0) is 32.0 Å². The first-order chi connectivity index (χ1) is 13.0. The van der Waals surface area contributed by atoms with Crippen molar-refractivity contribution in [1.29, 1.82) is 0 Å². The minimum absolute atomic E-state index is 0. The van der Waals surface area contributed by atoms with Crippen LogP contribution in [0.5, 0.6) is 0 Å². The number of carbonyl (C=O) groups is 2. The van der Waals surface area contributed by atoms with Gasteiger partial charge in [-0.05, 0) is 12.3 Å². The van der Waals surface area contributed by atoms with Crippen LogP contribution in [0.15, 0.2) is 0 Å². The van der Waals surface area contributed by atoms with Crippen LogP contribution in [0.1, 0.15) is 124 Å².